The van der Waals surface area contributed by atoms with Gasteiger partial charge in [-0.1, -0.05) is 6.42 Å². The number of ether oxygens (including phenoxy) is 1. The fourth-order valence-electron chi connectivity index (χ4n) is 2.36. The van der Waals surface area contributed by atoms with Gasteiger partial charge < -0.3 is 4.74 Å². The largest absolute Gasteiger partial charge is 0.488 e. The first-order chi connectivity index (χ1) is 9.48. The highest BCUT2D eigenvalue weighted by atomic mass is 32.2. The molecule has 4 nitrogen and oxygen atoms in total. The summed E-state index contributed by atoms with van der Waals surface area (Å²) in [5.74, 6) is 0.761. The summed E-state index contributed by atoms with van der Waals surface area (Å²) in [6, 6.07) is 7.82. The molecule has 1 aliphatic rings. The van der Waals surface area contributed by atoms with Crippen LogP contribution in [-0.2, 0) is 14.3 Å². The minimum absolute atomic E-state index is 0.196. The summed E-state index contributed by atoms with van der Waals surface area (Å²) < 4.78 is 33.7. The lowest BCUT2D eigenvalue weighted by atomic mass is 9.95. The van der Waals surface area contributed by atoms with Crippen molar-refractivity contribution in [3.8, 4) is 5.75 Å². The van der Waals surface area contributed by atoms with Gasteiger partial charge in [-0.2, -0.15) is 8.42 Å². The van der Waals surface area contributed by atoms with Gasteiger partial charge in [-0.15, -0.1) is 11.8 Å². The molecule has 1 saturated carbocycles. The Labute approximate surface area is 125 Å². The van der Waals surface area contributed by atoms with E-state index in [1.54, 1.807) is 11.8 Å². The molecule has 1 fully saturated rings. The zero-order valence-electron chi connectivity index (χ0n) is 11.7. The third kappa shape index (κ3) is 4.68. The second-order valence-corrected chi connectivity index (χ2v) is 7.44. The fraction of sp³-hybridized carbons (Fsp3) is 0.571. The first kappa shape index (κ1) is 15.7. The Morgan fingerprint density at radius 2 is 1.70 bits per heavy atom. The van der Waals surface area contributed by atoms with Crippen LogP contribution >= 0.6 is 11.8 Å². The molecule has 0 amide bonds. The molecule has 1 aromatic rings. The van der Waals surface area contributed by atoms with Gasteiger partial charge in [-0.05, 0) is 49.8 Å². The van der Waals surface area contributed by atoms with Crippen LogP contribution in [0.4, 0.5) is 0 Å². The average molecular weight is 316 g/mol. The van der Waals surface area contributed by atoms with Crippen molar-refractivity contribution in [1.82, 2.24) is 0 Å². The summed E-state index contributed by atoms with van der Waals surface area (Å²) in [7, 11) is -3.44. The quantitative estimate of drug-likeness (QED) is 0.617. The van der Waals surface area contributed by atoms with Crippen LogP contribution in [-0.4, -0.2) is 33.1 Å². The molecular weight excluding hydrogens is 296 g/mol. The van der Waals surface area contributed by atoms with E-state index >= 15 is 0 Å². The third-order valence-electron chi connectivity index (χ3n) is 3.29. The van der Waals surface area contributed by atoms with E-state index < -0.39 is 10.1 Å². The minimum Gasteiger partial charge on any atom is -0.488 e. The summed E-state index contributed by atoms with van der Waals surface area (Å²) in [5, 5.41) is 0. The van der Waals surface area contributed by atoms with E-state index in [0.29, 0.717) is 0 Å². The first-order valence-corrected chi connectivity index (χ1v) is 9.71. The summed E-state index contributed by atoms with van der Waals surface area (Å²) in [6.45, 7) is 0. The number of thioether (sulfide) groups is 1. The van der Waals surface area contributed by atoms with Crippen molar-refractivity contribution in [2.45, 2.75) is 42.8 Å². The van der Waals surface area contributed by atoms with Crippen molar-refractivity contribution in [2.24, 2.45) is 0 Å². The molecule has 6 heteroatoms. The molecule has 0 radical (unpaired) electrons. The lowest BCUT2D eigenvalue weighted by Crippen LogP contribution is -2.38. The van der Waals surface area contributed by atoms with Crippen LogP contribution in [0.15, 0.2) is 29.2 Å². The molecule has 2 rings (SSSR count). The predicted molar refractivity (Wildman–Crippen MR) is 80.8 cm³/mol. The van der Waals surface area contributed by atoms with Crippen molar-refractivity contribution in [3.63, 3.8) is 0 Å². The van der Waals surface area contributed by atoms with Crippen LogP contribution in [0.25, 0.3) is 0 Å². The molecule has 0 aromatic heterocycles. The topological polar surface area (TPSA) is 52.6 Å². The molecular formula is C14H20O4S2. The van der Waals surface area contributed by atoms with E-state index in [4.69, 9.17) is 8.92 Å². The van der Waals surface area contributed by atoms with Gasteiger partial charge in [0.05, 0.1) is 6.26 Å². The van der Waals surface area contributed by atoms with Gasteiger partial charge >= 0.3 is 0 Å². The second kappa shape index (κ2) is 6.83. The van der Waals surface area contributed by atoms with Crippen molar-refractivity contribution in [3.05, 3.63) is 24.3 Å². The van der Waals surface area contributed by atoms with Crippen LogP contribution in [0.5, 0.6) is 5.75 Å². The molecule has 1 aromatic carbocycles. The maximum absolute atomic E-state index is 11.3. The Bertz CT molecular complexity index is 525. The molecule has 2 atom stereocenters. The molecule has 20 heavy (non-hydrogen) atoms. The zero-order chi connectivity index (χ0) is 14.6. The van der Waals surface area contributed by atoms with Crippen LogP contribution < -0.4 is 4.74 Å². The van der Waals surface area contributed by atoms with E-state index in [1.165, 1.54) is 4.90 Å². The summed E-state index contributed by atoms with van der Waals surface area (Å²) in [4.78, 5) is 1.17. The van der Waals surface area contributed by atoms with Gasteiger partial charge in [0.25, 0.3) is 10.1 Å². The Balaban J connectivity index is 2.04. The average Bonchev–Trinajstić information content (AvgIpc) is 2.40. The standard InChI is InChI=1S/C14H20O4S2/c1-19-12-9-7-11(8-10-12)17-13-5-3-4-6-14(13)18-20(2,15)16/h7-10,13-14H,3-6H2,1-2H3/t13-,14+/m0/s1. The molecule has 0 spiro atoms. The lowest BCUT2D eigenvalue weighted by Gasteiger charge is -2.30. The number of hydrogen-bond donors (Lipinski definition) is 0. The molecule has 0 bridgehead atoms. The minimum atomic E-state index is -3.44. The molecule has 0 aliphatic heterocycles. The van der Waals surface area contributed by atoms with E-state index in [-0.39, 0.29) is 12.2 Å². The molecule has 0 saturated heterocycles. The van der Waals surface area contributed by atoms with E-state index in [1.807, 2.05) is 30.5 Å². The van der Waals surface area contributed by atoms with Crippen LogP contribution in [0.1, 0.15) is 25.7 Å². The smallest absolute Gasteiger partial charge is 0.264 e. The highest BCUT2D eigenvalue weighted by molar-refractivity contribution is 7.98. The highest BCUT2D eigenvalue weighted by Crippen LogP contribution is 2.28. The molecule has 0 unspecified atom stereocenters. The van der Waals surface area contributed by atoms with E-state index in [9.17, 15) is 8.42 Å². The first-order valence-electron chi connectivity index (χ1n) is 6.67. The Kier molecular flexibility index (Phi) is 5.35. The van der Waals surface area contributed by atoms with Crippen molar-refractivity contribution in [1.29, 1.82) is 0 Å². The normalized spacial score (nSPS) is 23.5. The fourth-order valence-corrected chi connectivity index (χ4v) is 3.44. The molecule has 0 heterocycles. The molecule has 1 aliphatic carbocycles. The Hall–Kier alpha value is -0.720. The Morgan fingerprint density at radius 1 is 1.10 bits per heavy atom. The highest BCUT2D eigenvalue weighted by Gasteiger charge is 2.30. The van der Waals surface area contributed by atoms with E-state index in [2.05, 4.69) is 0 Å². The maximum atomic E-state index is 11.3. The van der Waals surface area contributed by atoms with Crippen LogP contribution in [0.3, 0.4) is 0 Å². The van der Waals surface area contributed by atoms with Gasteiger partial charge in [0.2, 0.25) is 0 Å². The van der Waals surface area contributed by atoms with Crippen molar-refractivity contribution >= 4 is 21.9 Å². The summed E-state index contributed by atoms with van der Waals surface area (Å²) >= 11 is 1.67. The van der Waals surface area contributed by atoms with Gasteiger partial charge in [-0.3, -0.25) is 4.18 Å². The molecule has 0 N–H and O–H groups in total. The predicted octanol–water partition coefficient (Wildman–Crippen LogP) is 3.07. The van der Waals surface area contributed by atoms with E-state index in [0.717, 1.165) is 37.7 Å². The third-order valence-corrected chi connectivity index (χ3v) is 4.63. The maximum Gasteiger partial charge on any atom is 0.264 e. The zero-order valence-corrected chi connectivity index (χ0v) is 13.4. The van der Waals surface area contributed by atoms with Crippen LogP contribution in [0.2, 0.25) is 0 Å². The van der Waals surface area contributed by atoms with Crippen LogP contribution in [0, 0.1) is 0 Å². The Morgan fingerprint density at radius 3 is 2.25 bits per heavy atom. The summed E-state index contributed by atoms with van der Waals surface area (Å²) in [6.07, 6.45) is 6.10. The van der Waals surface area contributed by atoms with Crippen molar-refractivity contribution < 1.29 is 17.3 Å². The van der Waals surface area contributed by atoms with Gasteiger partial charge in [-0.25, -0.2) is 0 Å². The van der Waals surface area contributed by atoms with Gasteiger partial charge in [0, 0.05) is 4.90 Å². The van der Waals surface area contributed by atoms with Crippen molar-refractivity contribution in [2.75, 3.05) is 12.5 Å². The SMILES string of the molecule is CSc1ccc(O[C@H]2CCCC[C@H]2OS(C)(=O)=O)cc1. The second-order valence-electron chi connectivity index (χ2n) is 4.96. The lowest BCUT2D eigenvalue weighted by molar-refractivity contribution is 0.0277. The number of rotatable bonds is 5. The van der Waals surface area contributed by atoms with Gasteiger partial charge in [0.15, 0.2) is 0 Å². The molecule has 112 valence electrons. The summed E-state index contributed by atoms with van der Waals surface area (Å²) in [5.41, 5.74) is 0. The number of benzene rings is 1. The monoisotopic (exact) mass is 316 g/mol. The van der Waals surface area contributed by atoms with Gasteiger partial charge in [0.1, 0.15) is 18.0 Å². The number of hydrogen-bond acceptors (Lipinski definition) is 5.